The summed E-state index contributed by atoms with van der Waals surface area (Å²) in [6.45, 7) is 6.49. The van der Waals surface area contributed by atoms with Crippen molar-refractivity contribution in [2.24, 2.45) is 0 Å². The van der Waals surface area contributed by atoms with Crippen LogP contribution in [0.2, 0.25) is 10.0 Å². The van der Waals surface area contributed by atoms with Gasteiger partial charge < -0.3 is 24.8 Å². The van der Waals surface area contributed by atoms with E-state index >= 15 is 0 Å². The molecule has 0 fully saturated rings. The van der Waals surface area contributed by atoms with E-state index in [1.165, 1.54) is 0 Å². The molecule has 1 atom stereocenters. The average molecular weight is 748 g/mol. The lowest BCUT2D eigenvalue weighted by Gasteiger charge is -2.29. The number of benzene rings is 3. The Balaban J connectivity index is 1.55. The zero-order valence-corrected chi connectivity index (χ0v) is 29.7. The van der Waals surface area contributed by atoms with Crippen LogP contribution < -0.4 is 24.8 Å². The van der Waals surface area contributed by atoms with Crippen LogP contribution in [0.3, 0.4) is 0 Å². The van der Waals surface area contributed by atoms with Crippen molar-refractivity contribution in [3.05, 3.63) is 91.5 Å². The predicted octanol–water partition coefficient (Wildman–Crippen LogP) is 9.15. The molecular weight excluding hydrogens is 713 g/mol. The molecule has 3 aromatic carbocycles. The van der Waals surface area contributed by atoms with Crippen molar-refractivity contribution < 1.29 is 19.0 Å². The van der Waals surface area contributed by atoms with Crippen LogP contribution in [0.25, 0.3) is 0 Å². The van der Waals surface area contributed by atoms with Gasteiger partial charge in [0.05, 0.1) is 29.4 Å². The zero-order valence-electron chi connectivity index (χ0n) is 25.8. The number of rotatable bonds is 13. The van der Waals surface area contributed by atoms with Gasteiger partial charge >= 0.3 is 0 Å². The molecule has 0 saturated heterocycles. The first-order valence-corrected chi connectivity index (χ1v) is 17.3. The number of halogens is 3. The summed E-state index contributed by atoms with van der Waals surface area (Å²) in [5.74, 6) is 2.60. The van der Waals surface area contributed by atoms with Crippen molar-refractivity contribution in [3.8, 4) is 17.2 Å². The number of aromatic nitrogens is 3. The van der Waals surface area contributed by atoms with E-state index in [0.717, 1.165) is 24.2 Å². The number of nitrogens with zero attached hydrogens (tertiary/aromatic N) is 3. The number of para-hydroxylation sites is 2. The molecule has 0 radical (unpaired) electrons. The van der Waals surface area contributed by atoms with Crippen molar-refractivity contribution in [3.63, 3.8) is 0 Å². The molecule has 9 nitrogen and oxygen atoms in total. The molecule has 0 saturated carbocycles. The number of hydrogen-bond acceptors (Lipinski definition) is 8. The highest BCUT2D eigenvalue weighted by molar-refractivity contribution is 9.10. The van der Waals surface area contributed by atoms with Gasteiger partial charge in [0, 0.05) is 27.1 Å². The van der Waals surface area contributed by atoms with Gasteiger partial charge in [-0.25, -0.2) is 4.68 Å². The van der Waals surface area contributed by atoms with Crippen LogP contribution in [0.5, 0.6) is 17.2 Å². The largest absolute Gasteiger partial charge is 0.493 e. The predicted molar refractivity (Wildman–Crippen MR) is 188 cm³/mol. The summed E-state index contributed by atoms with van der Waals surface area (Å²) in [6, 6.07) is 15.7. The number of nitrogens with one attached hydrogen (secondary N) is 2. The number of unbranched alkanes of at least 4 members (excludes halogenated alkanes) is 1. The van der Waals surface area contributed by atoms with E-state index in [1.54, 1.807) is 41.8 Å². The van der Waals surface area contributed by atoms with E-state index in [1.807, 2.05) is 50.2 Å². The standard InChI is InChI=1S/C33H34BrCl2N5O4S/c1-5-7-15-46-33-39-32-37-19(3)28(31(42)38-25-13-8-9-14-26(25)44-6-2)29(41(32)40-33)20-16-22(34)30(27(17-20)43-4)45-18-21-23(35)11-10-12-24(21)36/h8-14,16-17,29H,5-7,15,18H2,1-4H3,(H,38,42)(H,37,39,40). The van der Waals surface area contributed by atoms with Gasteiger partial charge in [0.15, 0.2) is 11.5 Å². The molecule has 13 heteroatoms. The van der Waals surface area contributed by atoms with Gasteiger partial charge in [0.1, 0.15) is 18.4 Å². The third kappa shape index (κ3) is 7.43. The van der Waals surface area contributed by atoms with Crippen LogP contribution in [0.4, 0.5) is 11.6 Å². The first-order valence-electron chi connectivity index (χ1n) is 14.8. The van der Waals surface area contributed by atoms with Gasteiger partial charge in [-0.15, -0.1) is 5.10 Å². The van der Waals surface area contributed by atoms with Crippen molar-refractivity contribution in [2.75, 3.05) is 30.1 Å². The van der Waals surface area contributed by atoms with Gasteiger partial charge in [0.2, 0.25) is 11.1 Å². The van der Waals surface area contributed by atoms with Crippen LogP contribution in [-0.4, -0.2) is 40.1 Å². The lowest BCUT2D eigenvalue weighted by atomic mass is 9.94. The molecule has 46 heavy (non-hydrogen) atoms. The number of carbonyl (C=O) groups excluding carboxylic acids is 1. The van der Waals surface area contributed by atoms with E-state index in [-0.39, 0.29) is 12.5 Å². The molecule has 2 N–H and O–H groups in total. The first kappa shape index (κ1) is 34.0. The van der Waals surface area contributed by atoms with Crippen LogP contribution in [0.15, 0.2) is 75.5 Å². The molecule has 2 heterocycles. The molecule has 1 unspecified atom stereocenters. The molecule has 1 amide bonds. The van der Waals surface area contributed by atoms with Crippen molar-refractivity contribution in [2.45, 2.75) is 51.4 Å². The summed E-state index contributed by atoms with van der Waals surface area (Å²) in [6.07, 6.45) is 2.11. The fourth-order valence-electron chi connectivity index (χ4n) is 5.00. The molecular formula is C33H34BrCl2N5O4S. The molecule has 242 valence electrons. The van der Waals surface area contributed by atoms with Crippen LogP contribution in [-0.2, 0) is 11.4 Å². The summed E-state index contributed by atoms with van der Waals surface area (Å²) < 4.78 is 20.1. The van der Waals surface area contributed by atoms with Crippen LogP contribution in [0.1, 0.15) is 50.8 Å². The normalized spacial score (nSPS) is 14.0. The molecule has 0 bridgehead atoms. The Hall–Kier alpha value is -3.38. The summed E-state index contributed by atoms with van der Waals surface area (Å²) >= 11 is 18.0. The molecule has 1 aliphatic rings. The molecule has 0 aliphatic carbocycles. The topological polar surface area (TPSA) is 99.5 Å². The lowest BCUT2D eigenvalue weighted by molar-refractivity contribution is -0.113. The van der Waals surface area contributed by atoms with Crippen molar-refractivity contribution in [1.29, 1.82) is 0 Å². The Morgan fingerprint density at radius 3 is 2.57 bits per heavy atom. The third-order valence-electron chi connectivity index (χ3n) is 7.23. The monoisotopic (exact) mass is 745 g/mol. The highest BCUT2D eigenvalue weighted by Gasteiger charge is 2.36. The zero-order chi connectivity index (χ0) is 32.8. The maximum atomic E-state index is 14.2. The molecule has 1 aliphatic heterocycles. The second kappa shape index (κ2) is 15.5. The Morgan fingerprint density at radius 1 is 1.09 bits per heavy atom. The summed E-state index contributed by atoms with van der Waals surface area (Å²) in [7, 11) is 1.56. The Morgan fingerprint density at radius 2 is 1.85 bits per heavy atom. The molecule has 4 aromatic rings. The van der Waals surface area contributed by atoms with Gasteiger partial charge in [-0.05, 0) is 78.2 Å². The van der Waals surface area contributed by atoms with Crippen molar-refractivity contribution in [1.82, 2.24) is 14.8 Å². The van der Waals surface area contributed by atoms with E-state index < -0.39 is 6.04 Å². The number of ether oxygens (including phenoxy) is 3. The van der Waals surface area contributed by atoms with Gasteiger partial charge in [0.25, 0.3) is 5.91 Å². The minimum atomic E-state index is -0.652. The average Bonchev–Trinajstić information content (AvgIpc) is 3.43. The van der Waals surface area contributed by atoms with Crippen LogP contribution in [0, 0.1) is 0 Å². The van der Waals surface area contributed by atoms with Crippen molar-refractivity contribution >= 4 is 68.4 Å². The number of anilines is 2. The second-order valence-corrected chi connectivity index (χ2v) is 13.1. The van der Waals surface area contributed by atoms with E-state index in [0.29, 0.717) is 72.0 Å². The lowest BCUT2D eigenvalue weighted by Crippen LogP contribution is -2.31. The highest BCUT2D eigenvalue weighted by Crippen LogP contribution is 2.44. The van der Waals surface area contributed by atoms with Gasteiger partial charge in [-0.3, -0.25) is 4.79 Å². The smallest absolute Gasteiger partial charge is 0.255 e. The SMILES string of the molecule is CCCCSc1nc2n(n1)C(c1cc(Br)c(OCc3c(Cl)cccc3Cl)c(OC)c1)C(C(=O)Nc1ccccc1OCC)=C(C)N2. The van der Waals surface area contributed by atoms with Gasteiger partial charge in [-0.2, -0.15) is 4.98 Å². The Kier molecular flexibility index (Phi) is 11.4. The number of carbonyl (C=O) groups is 1. The molecule has 0 spiro atoms. The minimum absolute atomic E-state index is 0.123. The second-order valence-electron chi connectivity index (χ2n) is 10.3. The number of allylic oxidation sites excluding steroid dienone is 1. The van der Waals surface area contributed by atoms with E-state index in [4.69, 9.17) is 47.5 Å². The minimum Gasteiger partial charge on any atom is -0.493 e. The maximum absolute atomic E-state index is 14.2. The summed E-state index contributed by atoms with van der Waals surface area (Å²) in [4.78, 5) is 18.9. The number of thioether (sulfide) groups is 1. The Bertz CT molecular complexity index is 1750. The number of hydrogen-bond donors (Lipinski definition) is 2. The van der Waals surface area contributed by atoms with E-state index in [2.05, 4.69) is 33.5 Å². The molecule has 1 aromatic heterocycles. The summed E-state index contributed by atoms with van der Waals surface area (Å²) in [5, 5.41) is 12.8. The maximum Gasteiger partial charge on any atom is 0.255 e. The Labute approximate surface area is 291 Å². The fourth-order valence-corrected chi connectivity index (χ4v) is 6.99. The van der Waals surface area contributed by atoms with E-state index in [9.17, 15) is 4.79 Å². The fraction of sp³-hybridized carbons (Fsp3) is 0.303. The highest BCUT2D eigenvalue weighted by atomic mass is 79.9. The van der Waals surface area contributed by atoms with Gasteiger partial charge in [-0.1, -0.05) is 66.5 Å². The number of amides is 1. The third-order valence-corrected chi connectivity index (χ3v) is 9.45. The quantitative estimate of drug-likeness (QED) is 0.103. The number of fused-ring (bicyclic) bond motifs is 1. The summed E-state index contributed by atoms with van der Waals surface area (Å²) in [5.41, 5.74) is 3.05. The van der Waals surface area contributed by atoms with Crippen LogP contribution >= 0.6 is 50.9 Å². The number of methoxy groups -OCH3 is 1. The molecule has 5 rings (SSSR count). The first-order chi connectivity index (χ1) is 22.2.